The van der Waals surface area contributed by atoms with Crippen LogP contribution in [0.5, 0.6) is 0 Å². The van der Waals surface area contributed by atoms with Crippen molar-refractivity contribution in [2.75, 3.05) is 6.54 Å². The summed E-state index contributed by atoms with van der Waals surface area (Å²) in [5.41, 5.74) is -0.725. The lowest BCUT2D eigenvalue weighted by Gasteiger charge is -2.16. The fourth-order valence-electron chi connectivity index (χ4n) is 2.21. The molecular weight excluding hydrogens is 373 g/mol. The fraction of sp³-hybridized carbons (Fsp3) is 0.368. The Kier molecular flexibility index (Phi) is 6.06. The van der Waals surface area contributed by atoms with E-state index in [1.807, 2.05) is 0 Å². The van der Waals surface area contributed by atoms with Crippen molar-refractivity contribution < 1.29 is 22.8 Å². The number of hydrogen-bond donors (Lipinski definition) is 1. The van der Waals surface area contributed by atoms with Crippen LogP contribution in [0.4, 0.5) is 13.2 Å². The molecule has 0 aliphatic carbocycles. The first-order chi connectivity index (χ1) is 12.9. The first kappa shape index (κ1) is 21.3. The summed E-state index contributed by atoms with van der Waals surface area (Å²) < 4.78 is 40.1. The average molecular weight is 394 g/mol. The summed E-state index contributed by atoms with van der Waals surface area (Å²) in [6.07, 6.45) is -0.656. The van der Waals surface area contributed by atoms with Crippen molar-refractivity contribution >= 4 is 17.9 Å². The van der Waals surface area contributed by atoms with Crippen molar-refractivity contribution in [2.24, 2.45) is 5.41 Å². The molecule has 9 heteroatoms. The molecule has 1 aromatic heterocycles. The maximum absolute atomic E-state index is 13.0. The molecule has 0 fully saturated rings. The van der Waals surface area contributed by atoms with Gasteiger partial charge in [-0.05, 0) is 30.7 Å². The monoisotopic (exact) mass is 394 g/mol. The van der Waals surface area contributed by atoms with E-state index < -0.39 is 17.2 Å². The van der Waals surface area contributed by atoms with Gasteiger partial charge in [0.05, 0.1) is 12.1 Å². The normalized spacial score (nSPS) is 12.4. The molecule has 0 bridgehead atoms. The molecule has 1 heterocycles. The number of ketones is 1. The number of rotatable bonds is 5. The van der Waals surface area contributed by atoms with E-state index >= 15 is 0 Å². The molecule has 0 saturated heterocycles. The Bertz CT molecular complexity index is 909. The number of nitrogens with one attached hydrogen (secondary N) is 1. The Labute approximate surface area is 160 Å². The summed E-state index contributed by atoms with van der Waals surface area (Å²) in [5.74, 6) is -0.505. The average Bonchev–Trinajstić information content (AvgIpc) is 3.04. The number of carbonyl (C=O) groups excluding carboxylic acids is 2. The standard InChI is InChI=1S/C19H21F3N4O2/c1-12-7-13(9-14(8-12)19(20,21)22)16-24-11-26(25-16)6-5-15(27)10-23-17(28)18(2,3)4/h5-9,11H,10H2,1-4H3,(H,23,28)/b6-5-. The second-order valence-electron chi connectivity index (χ2n) is 7.35. The maximum atomic E-state index is 13.0. The van der Waals surface area contributed by atoms with Gasteiger partial charge in [-0.25, -0.2) is 9.67 Å². The third-order valence-corrected chi connectivity index (χ3v) is 3.69. The number of hydrogen-bond acceptors (Lipinski definition) is 4. The van der Waals surface area contributed by atoms with Crippen molar-refractivity contribution in [1.29, 1.82) is 0 Å². The lowest BCUT2D eigenvalue weighted by Crippen LogP contribution is -2.37. The second kappa shape index (κ2) is 7.95. The van der Waals surface area contributed by atoms with Gasteiger partial charge in [0.15, 0.2) is 11.6 Å². The zero-order chi connectivity index (χ0) is 21.1. The Morgan fingerprint density at radius 3 is 2.46 bits per heavy atom. The lowest BCUT2D eigenvalue weighted by atomic mass is 9.96. The van der Waals surface area contributed by atoms with Gasteiger partial charge in [-0.2, -0.15) is 13.2 Å². The largest absolute Gasteiger partial charge is 0.416 e. The fourth-order valence-corrected chi connectivity index (χ4v) is 2.21. The topological polar surface area (TPSA) is 76.9 Å². The number of benzene rings is 1. The Balaban J connectivity index is 2.08. The van der Waals surface area contributed by atoms with Crippen LogP contribution in [0.25, 0.3) is 17.6 Å². The van der Waals surface area contributed by atoms with E-state index in [0.717, 1.165) is 12.1 Å². The first-order valence-electron chi connectivity index (χ1n) is 8.46. The molecule has 2 aromatic rings. The van der Waals surface area contributed by atoms with Gasteiger partial charge in [0.1, 0.15) is 6.33 Å². The van der Waals surface area contributed by atoms with E-state index in [2.05, 4.69) is 15.4 Å². The molecule has 0 unspecified atom stereocenters. The van der Waals surface area contributed by atoms with Crippen LogP contribution < -0.4 is 5.32 Å². The van der Waals surface area contributed by atoms with Crippen molar-refractivity contribution in [3.05, 3.63) is 41.7 Å². The quantitative estimate of drug-likeness (QED) is 0.788. The molecule has 28 heavy (non-hydrogen) atoms. The molecule has 0 aliphatic heterocycles. The van der Waals surface area contributed by atoms with Crippen molar-refractivity contribution in [2.45, 2.75) is 33.9 Å². The number of aryl methyl sites for hydroxylation is 1. The molecule has 1 N–H and O–H groups in total. The van der Waals surface area contributed by atoms with E-state index in [1.165, 1.54) is 23.3 Å². The molecule has 150 valence electrons. The van der Waals surface area contributed by atoms with Crippen molar-refractivity contribution in [3.63, 3.8) is 0 Å². The third kappa shape index (κ3) is 5.77. The summed E-state index contributed by atoms with van der Waals surface area (Å²) in [6.45, 7) is 6.58. The van der Waals surface area contributed by atoms with Gasteiger partial charge in [-0.3, -0.25) is 9.59 Å². The number of amides is 1. The smallest absolute Gasteiger partial charge is 0.348 e. The highest BCUT2D eigenvalue weighted by Gasteiger charge is 2.31. The molecule has 0 spiro atoms. The van der Waals surface area contributed by atoms with Crippen molar-refractivity contribution in [3.8, 4) is 11.4 Å². The van der Waals surface area contributed by atoms with Crippen LogP contribution in [0.15, 0.2) is 30.6 Å². The highest BCUT2D eigenvalue weighted by Crippen LogP contribution is 2.32. The van der Waals surface area contributed by atoms with E-state index in [1.54, 1.807) is 33.8 Å². The van der Waals surface area contributed by atoms with Gasteiger partial charge in [0.2, 0.25) is 5.91 Å². The number of nitrogens with zero attached hydrogens (tertiary/aromatic N) is 3. The highest BCUT2D eigenvalue weighted by atomic mass is 19.4. The van der Waals surface area contributed by atoms with Gasteiger partial charge < -0.3 is 5.32 Å². The second-order valence-corrected chi connectivity index (χ2v) is 7.35. The predicted octanol–water partition coefficient (Wildman–Crippen LogP) is 3.47. The number of carbonyl (C=O) groups is 2. The summed E-state index contributed by atoms with van der Waals surface area (Å²) >= 11 is 0. The Morgan fingerprint density at radius 2 is 1.86 bits per heavy atom. The Hall–Kier alpha value is -2.97. The van der Waals surface area contributed by atoms with Crippen LogP contribution in [-0.2, 0) is 15.8 Å². The minimum atomic E-state index is -4.47. The van der Waals surface area contributed by atoms with Crippen LogP contribution in [0.3, 0.4) is 0 Å². The summed E-state index contributed by atoms with van der Waals surface area (Å²) in [7, 11) is 0. The molecule has 1 amide bonds. The van der Waals surface area contributed by atoms with Gasteiger partial charge in [-0.15, -0.1) is 5.10 Å². The maximum Gasteiger partial charge on any atom is 0.416 e. The zero-order valence-corrected chi connectivity index (χ0v) is 16.0. The minimum Gasteiger partial charge on any atom is -0.348 e. The molecule has 0 atom stereocenters. The summed E-state index contributed by atoms with van der Waals surface area (Å²) in [6, 6.07) is 3.57. The minimum absolute atomic E-state index is 0.104. The third-order valence-electron chi connectivity index (χ3n) is 3.69. The molecule has 0 saturated carbocycles. The van der Waals surface area contributed by atoms with Crippen LogP contribution in [0.2, 0.25) is 0 Å². The van der Waals surface area contributed by atoms with Crippen LogP contribution in [0, 0.1) is 12.3 Å². The van der Waals surface area contributed by atoms with E-state index in [-0.39, 0.29) is 29.6 Å². The van der Waals surface area contributed by atoms with E-state index in [0.29, 0.717) is 5.56 Å². The zero-order valence-electron chi connectivity index (χ0n) is 16.0. The van der Waals surface area contributed by atoms with Gasteiger partial charge in [-0.1, -0.05) is 20.8 Å². The molecule has 2 rings (SSSR count). The predicted molar refractivity (Wildman–Crippen MR) is 98.0 cm³/mol. The summed E-state index contributed by atoms with van der Waals surface area (Å²) in [5, 5.41) is 6.59. The SMILES string of the molecule is Cc1cc(-c2ncn(/C=C\C(=O)CNC(=O)C(C)(C)C)n2)cc(C(F)(F)F)c1. The number of alkyl halides is 3. The van der Waals surface area contributed by atoms with Crippen LogP contribution in [-0.4, -0.2) is 33.0 Å². The number of halogens is 3. The molecule has 1 aromatic carbocycles. The van der Waals surface area contributed by atoms with Crippen LogP contribution in [0.1, 0.15) is 31.9 Å². The van der Waals surface area contributed by atoms with Gasteiger partial charge in [0.25, 0.3) is 0 Å². The molecular formula is C19H21F3N4O2. The van der Waals surface area contributed by atoms with Crippen molar-refractivity contribution in [1.82, 2.24) is 20.1 Å². The van der Waals surface area contributed by atoms with Crippen LogP contribution >= 0.6 is 0 Å². The number of aromatic nitrogens is 3. The highest BCUT2D eigenvalue weighted by molar-refractivity contribution is 5.96. The van der Waals surface area contributed by atoms with Gasteiger partial charge in [0, 0.05) is 23.3 Å². The molecule has 0 aliphatic rings. The van der Waals surface area contributed by atoms with E-state index in [9.17, 15) is 22.8 Å². The Morgan fingerprint density at radius 1 is 1.18 bits per heavy atom. The molecule has 6 nitrogen and oxygen atoms in total. The summed E-state index contributed by atoms with van der Waals surface area (Å²) in [4.78, 5) is 27.6. The van der Waals surface area contributed by atoms with Gasteiger partial charge >= 0.3 is 6.18 Å². The lowest BCUT2D eigenvalue weighted by molar-refractivity contribution is -0.137. The van der Waals surface area contributed by atoms with E-state index in [4.69, 9.17) is 0 Å². The molecule has 0 radical (unpaired) electrons. The first-order valence-corrected chi connectivity index (χ1v) is 8.46.